The summed E-state index contributed by atoms with van der Waals surface area (Å²) in [5.41, 5.74) is 0.490. The van der Waals surface area contributed by atoms with Crippen molar-refractivity contribution >= 4 is 17.7 Å². The number of benzene rings is 1. The van der Waals surface area contributed by atoms with Gasteiger partial charge in [-0.25, -0.2) is 4.79 Å². The fraction of sp³-hybridized carbons (Fsp3) is 0.438. The molecule has 0 spiro atoms. The van der Waals surface area contributed by atoms with Gasteiger partial charge in [-0.15, -0.1) is 0 Å². The number of carbonyl (C=O) groups is 3. The van der Waals surface area contributed by atoms with Crippen LogP contribution < -0.4 is 0 Å². The maximum absolute atomic E-state index is 12.5. The Hall–Kier alpha value is -2.17. The molecule has 5 heteroatoms. The number of likely N-dealkylation sites (tertiary alicyclic amines) is 1. The maximum atomic E-state index is 12.5. The molecular weight excluding hydrogens is 270 g/mol. The average molecular weight is 289 g/mol. The summed E-state index contributed by atoms with van der Waals surface area (Å²) in [5.74, 6) is -2.40. The predicted octanol–water partition coefficient (Wildman–Crippen LogP) is 1.97. The van der Waals surface area contributed by atoms with Crippen LogP contribution in [0.2, 0.25) is 0 Å². The number of hydrogen-bond acceptors (Lipinski definition) is 3. The first kappa shape index (κ1) is 15.2. The van der Waals surface area contributed by atoms with Crippen molar-refractivity contribution in [1.82, 2.24) is 4.90 Å². The molecule has 1 fully saturated rings. The minimum atomic E-state index is -0.997. The molecule has 0 bridgehead atoms. The molecule has 1 saturated heterocycles. The zero-order chi connectivity index (χ0) is 15.4. The molecule has 0 aromatic heterocycles. The van der Waals surface area contributed by atoms with Crippen molar-refractivity contribution in [3.05, 3.63) is 35.9 Å². The number of hydrogen-bond donors (Lipinski definition) is 1. The summed E-state index contributed by atoms with van der Waals surface area (Å²) in [6.07, 6.45) is 1.49. The number of ketones is 1. The lowest BCUT2D eigenvalue weighted by atomic mass is 9.93. The highest BCUT2D eigenvalue weighted by molar-refractivity contribution is 6.10. The predicted molar refractivity (Wildman–Crippen MR) is 76.9 cm³/mol. The topological polar surface area (TPSA) is 74.7 Å². The van der Waals surface area contributed by atoms with Crippen LogP contribution in [0.25, 0.3) is 0 Å². The van der Waals surface area contributed by atoms with Gasteiger partial charge in [-0.3, -0.25) is 9.59 Å². The second kappa shape index (κ2) is 6.52. The van der Waals surface area contributed by atoms with Gasteiger partial charge in [-0.05, 0) is 19.3 Å². The Labute approximate surface area is 123 Å². The Morgan fingerprint density at radius 1 is 1.29 bits per heavy atom. The van der Waals surface area contributed by atoms with Crippen molar-refractivity contribution in [3.63, 3.8) is 0 Å². The zero-order valence-electron chi connectivity index (χ0n) is 12.0. The molecule has 1 aliphatic rings. The van der Waals surface area contributed by atoms with Gasteiger partial charge in [0.15, 0.2) is 5.78 Å². The smallest absolute Gasteiger partial charge is 0.326 e. The number of amides is 1. The molecule has 1 amide bonds. The van der Waals surface area contributed by atoms with Crippen LogP contribution in [-0.4, -0.2) is 40.3 Å². The molecule has 0 saturated carbocycles. The molecule has 5 nitrogen and oxygen atoms in total. The van der Waals surface area contributed by atoms with E-state index in [0.29, 0.717) is 31.4 Å². The van der Waals surface area contributed by atoms with Gasteiger partial charge < -0.3 is 10.0 Å². The van der Waals surface area contributed by atoms with Crippen LogP contribution in [0, 0.1) is 5.92 Å². The van der Waals surface area contributed by atoms with Crippen LogP contribution in [0.15, 0.2) is 30.3 Å². The molecule has 1 aromatic rings. The second-order valence-electron chi connectivity index (χ2n) is 5.22. The van der Waals surface area contributed by atoms with Gasteiger partial charge in [0.1, 0.15) is 12.0 Å². The summed E-state index contributed by atoms with van der Waals surface area (Å²) in [5, 5.41) is 9.16. The van der Waals surface area contributed by atoms with E-state index in [1.807, 2.05) is 0 Å². The van der Waals surface area contributed by atoms with Crippen molar-refractivity contribution in [2.45, 2.75) is 32.2 Å². The van der Waals surface area contributed by atoms with Crippen LogP contribution in [0.1, 0.15) is 36.5 Å². The molecule has 1 aromatic carbocycles. The van der Waals surface area contributed by atoms with E-state index in [0.717, 1.165) is 0 Å². The van der Waals surface area contributed by atoms with Gasteiger partial charge in [0, 0.05) is 12.1 Å². The summed E-state index contributed by atoms with van der Waals surface area (Å²) < 4.78 is 0. The number of carboxylic acids is 1. The third kappa shape index (κ3) is 3.12. The monoisotopic (exact) mass is 289 g/mol. The molecule has 112 valence electrons. The van der Waals surface area contributed by atoms with Crippen molar-refractivity contribution < 1.29 is 19.5 Å². The Kier molecular flexibility index (Phi) is 4.73. The Morgan fingerprint density at radius 3 is 2.52 bits per heavy atom. The summed E-state index contributed by atoms with van der Waals surface area (Å²) in [7, 11) is 0. The fourth-order valence-electron chi connectivity index (χ4n) is 2.76. The van der Waals surface area contributed by atoms with Crippen LogP contribution in [0.3, 0.4) is 0 Å². The summed E-state index contributed by atoms with van der Waals surface area (Å²) in [6.45, 7) is 2.18. The van der Waals surface area contributed by atoms with Gasteiger partial charge in [-0.1, -0.05) is 37.3 Å². The lowest BCUT2D eigenvalue weighted by Gasteiger charge is -2.25. The largest absolute Gasteiger partial charge is 0.480 e. The summed E-state index contributed by atoms with van der Waals surface area (Å²) >= 11 is 0. The zero-order valence-corrected chi connectivity index (χ0v) is 12.0. The number of rotatable bonds is 5. The van der Waals surface area contributed by atoms with Crippen LogP contribution in [-0.2, 0) is 9.59 Å². The standard InChI is InChI=1S/C16H19NO4/c1-2-12(14(18)11-7-4-3-5-8-11)15(19)17-10-6-9-13(17)16(20)21/h3-5,7-8,12-13H,2,6,9-10H2,1H3,(H,20,21)/t12?,13-/m0/s1. The fourth-order valence-corrected chi connectivity index (χ4v) is 2.76. The summed E-state index contributed by atoms with van der Waals surface area (Å²) in [6, 6.07) is 7.87. The van der Waals surface area contributed by atoms with E-state index in [2.05, 4.69) is 0 Å². The number of nitrogens with zero attached hydrogens (tertiary/aromatic N) is 1. The van der Waals surface area contributed by atoms with Crippen molar-refractivity contribution in [2.24, 2.45) is 5.92 Å². The molecule has 1 heterocycles. The minimum absolute atomic E-state index is 0.237. The lowest BCUT2D eigenvalue weighted by Crippen LogP contribution is -2.45. The van der Waals surface area contributed by atoms with Crippen LogP contribution in [0.4, 0.5) is 0 Å². The maximum Gasteiger partial charge on any atom is 0.326 e. The quantitative estimate of drug-likeness (QED) is 0.664. The molecule has 1 unspecified atom stereocenters. The molecule has 1 N–H and O–H groups in total. The number of carboxylic acid groups (broad SMARTS) is 1. The van der Waals surface area contributed by atoms with E-state index in [-0.39, 0.29) is 11.7 Å². The minimum Gasteiger partial charge on any atom is -0.480 e. The van der Waals surface area contributed by atoms with Gasteiger partial charge in [-0.2, -0.15) is 0 Å². The number of Topliss-reactive ketones (excluding diaryl/α,β-unsaturated/α-hetero) is 1. The molecule has 1 aliphatic heterocycles. The molecule has 0 radical (unpaired) electrons. The third-order valence-electron chi connectivity index (χ3n) is 3.90. The Morgan fingerprint density at radius 2 is 1.95 bits per heavy atom. The summed E-state index contributed by atoms with van der Waals surface area (Å²) in [4.78, 5) is 37.5. The first-order chi connectivity index (χ1) is 10.1. The number of aliphatic carboxylic acids is 1. The highest BCUT2D eigenvalue weighted by atomic mass is 16.4. The molecule has 0 aliphatic carbocycles. The molecule has 21 heavy (non-hydrogen) atoms. The number of carbonyl (C=O) groups excluding carboxylic acids is 2. The highest BCUT2D eigenvalue weighted by Gasteiger charge is 2.38. The molecular formula is C16H19NO4. The van der Waals surface area contributed by atoms with Crippen LogP contribution >= 0.6 is 0 Å². The van der Waals surface area contributed by atoms with Gasteiger partial charge in [0.25, 0.3) is 0 Å². The SMILES string of the molecule is CCC(C(=O)c1ccccc1)C(=O)N1CCC[C@H]1C(=O)O. The third-order valence-corrected chi connectivity index (χ3v) is 3.90. The van der Waals surface area contributed by atoms with E-state index >= 15 is 0 Å². The van der Waals surface area contributed by atoms with Crippen molar-refractivity contribution in [2.75, 3.05) is 6.54 Å². The van der Waals surface area contributed by atoms with Gasteiger partial charge >= 0.3 is 5.97 Å². The van der Waals surface area contributed by atoms with Crippen LogP contribution in [0.5, 0.6) is 0 Å². The highest BCUT2D eigenvalue weighted by Crippen LogP contribution is 2.23. The van der Waals surface area contributed by atoms with E-state index in [1.54, 1.807) is 37.3 Å². The normalized spacial score (nSPS) is 19.3. The average Bonchev–Trinajstić information content (AvgIpc) is 2.98. The second-order valence-corrected chi connectivity index (χ2v) is 5.22. The van der Waals surface area contributed by atoms with Crippen molar-refractivity contribution in [3.8, 4) is 0 Å². The van der Waals surface area contributed by atoms with Crippen molar-refractivity contribution in [1.29, 1.82) is 0 Å². The molecule has 2 rings (SSSR count). The van der Waals surface area contributed by atoms with E-state index in [9.17, 15) is 14.4 Å². The van der Waals surface area contributed by atoms with Gasteiger partial charge in [0.05, 0.1) is 0 Å². The van der Waals surface area contributed by atoms with E-state index < -0.39 is 17.9 Å². The van der Waals surface area contributed by atoms with E-state index in [1.165, 1.54) is 4.90 Å². The molecule has 2 atom stereocenters. The Bertz CT molecular complexity index is 540. The van der Waals surface area contributed by atoms with E-state index in [4.69, 9.17) is 5.11 Å². The first-order valence-electron chi connectivity index (χ1n) is 7.18. The Balaban J connectivity index is 2.19. The lowest BCUT2D eigenvalue weighted by molar-refractivity contribution is -0.149. The van der Waals surface area contributed by atoms with Gasteiger partial charge in [0.2, 0.25) is 5.91 Å². The first-order valence-corrected chi connectivity index (χ1v) is 7.18.